The van der Waals surface area contributed by atoms with Gasteiger partial charge in [0.1, 0.15) is 0 Å². The number of aromatic nitrogens is 1. The number of nitrogens with two attached hydrogens (primary N) is 1. The number of hydrogen-bond acceptors (Lipinski definition) is 3. The lowest BCUT2D eigenvalue weighted by molar-refractivity contribution is 0.102. The van der Waals surface area contributed by atoms with Crippen molar-refractivity contribution in [2.45, 2.75) is 0 Å². The molecule has 4 heteroatoms. The molecule has 1 heterocycles. The van der Waals surface area contributed by atoms with Crippen molar-refractivity contribution in [1.82, 2.24) is 4.98 Å². The van der Waals surface area contributed by atoms with Crippen LogP contribution in [0.2, 0.25) is 0 Å². The summed E-state index contributed by atoms with van der Waals surface area (Å²) < 4.78 is 0. The molecule has 3 N–H and O–H groups in total. The van der Waals surface area contributed by atoms with E-state index in [1.165, 1.54) is 0 Å². The molecular weight excluding hydrogens is 250 g/mol. The van der Waals surface area contributed by atoms with Gasteiger partial charge in [0.15, 0.2) is 0 Å². The van der Waals surface area contributed by atoms with Gasteiger partial charge in [-0.15, -0.1) is 0 Å². The molecule has 4 nitrogen and oxygen atoms in total. The summed E-state index contributed by atoms with van der Waals surface area (Å²) in [4.78, 5) is 16.6. The molecule has 98 valence electrons. The first-order chi connectivity index (χ1) is 9.74. The van der Waals surface area contributed by atoms with Gasteiger partial charge in [0.2, 0.25) is 0 Å². The number of anilines is 2. The van der Waals surface area contributed by atoms with Crippen LogP contribution in [0.4, 0.5) is 11.4 Å². The van der Waals surface area contributed by atoms with Crippen LogP contribution in [0.3, 0.4) is 0 Å². The Morgan fingerprint density at radius 1 is 1.00 bits per heavy atom. The van der Waals surface area contributed by atoms with E-state index >= 15 is 0 Å². The minimum absolute atomic E-state index is 0.159. The van der Waals surface area contributed by atoms with Gasteiger partial charge in [-0.05, 0) is 36.4 Å². The Bertz CT molecular complexity index is 761. The lowest BCUT2D eigenvalue weighted by Crippen LogP contribution is -2.12. The third kappa shape index (κ3) is 2.31. The molecule has 0 aliphatic carbocycles. The van der Waals surface area contributed by atoms with Gasteiger partial charge in [-0.3, -0.25) is 9.78 Å². The Morgan fingerprint density at radius 3 is 2.55 bits per heavy atom. The quantitative estimate of drug-likeness (QED) is 0.698. The number of pyridine rings is 1. The number of carbonyl (C=O) groups is 1. The molecule has 0 aliphatic rings. The predicted molar refractivity (Wildman–Crippen MR) is 80.6 cm³/mol. The van der Waals surface area contributed by atoms with Crippen molar-refractivity contribution in [3.05, 3.63) is 66.4 Å². The number of carbonyl (C=O) groups excluding carboxylic acids is 1. The Morgan fingerprint density at radius 2 is 1.75 bits per heavy atom. The molecule has 3 rings (SSSR count). The van der Waals surface area contributed by atoms with E-state index in [1.807, 2.05) is 24.3 Å². The maximum absolute atomic E-state index is 12.3. The number of hydrogen-bond donors (Lipinski definition) is 2. The standard InChI is InChI=1S/C16H13N3O/c17-11-5-7-12(8-6-11)19-16(20)14-9-10-18-15-4-2-1-3-13(14)15/h1-10H,17H2,(H,19,20). The van der Waals surface area contributed by atoms with E-state index < -0.39 is 0 Å². The molecule has 1 amide bonds. The number of para-hydroxylation sites is 1. The van der Waals surface area contributed by atoms with Crippen molar-refractivity contribution in [2.75, 3.05) is 11.1 Å². The summed E-state index contributed by atoms with van der Waals surface area (Å²) in [6, 6.07) is 16.3. The van der Waals surface area contributed by atoms with E-state index in [1.54, 1.807) is 36.5 Å². The molecule has 0 fully saturated rings. The number of benzene rings is 2. The van der Waals surface area contributed by atoms with Crippen molar-refractivity contribution in [1.29, 1.82) is 0 Å². The van der Waals surface area contributed by atoms with Crippen molar-refractivity contribution in [3.8, 4) is 0 Å². The number of nitrogens with zero attached hydrogens (tertiary/aromatic N) is 1. The van der Waals surface area contributed by atoms with Gasteiger partial charge in [-0.25, -0.2) is 0 Å². The van der Waals surface area contributed by atoms with E-state index in [4.69, 9.17) is 5.73 Å². The third-order valence-electron chi connectivity index (χ3n) is 3.06. The molecular formula is C16H13N3O. The smallest absolute Gasteiger partial charge is 0.256 e. The Hall–Kier alpha value is -2.88. The van der Waals surface area contributed by atoms with Crippen LogP contribution in [0.25, 0.3) is 10.9 Å². The summed E-state index contributed by atoms with van der Waals surface area (Å²) in [5.41, 5.74) is 8.41. The monoisotopic (exact) mass is 263 g/mol. The molecule has 0 spiro atoms. The van der Waals surface area contributed by atoms with Crippen LogP contribution in [0, 0.1) is 0 Å². The van der Waals surface area contributed by atoms with Gasteiger partial charge in [0.05, 0.1) is 11.1 Å². The topological polar surface area (TPSA) is 68.0 Å². The van der Waals surface area contributed by atoms with Gasteiger partial charge in [-0.2, -0.15) is 0 Å². The molecule has 0 saturated carbocycles. The zero-order chi connectivity index (χ0) is 13.9. The number of amides is 1. The van der Waals surface area contributed by atoms with Crippen molar-refractivity contribution < 1.29 is 4.79 Å². The average molecular weight is 263 g/mol. The van der Waals surface area contributed by atoms with E-state index in [9.17, 15) is 4.79 Å². The summed E-state index contributed by atoms with van der Waals surface area (Å²) in [5, 5.41) is 3.69. The first-order valence-corrected chi connectivity index (χ1v) is 6.25. The summed E-state index contributed by atoms with van der Waals surface area (Å²) in [5.74, 6) is -0.159. The number of nitrogen functional groups attached to an aromatic ring is 1. The zero-order valence-electron chi connectivity index (χ0n) is 10.7. The molecule has 2 aromatic carbocycles. The Kier molecular flexibility index (Phi) is 3.05. The fourth-order valence-electron chi connectivity index (χ4n) is 2.06. The summed E-state index contributed by atoms with van der Waals surface area (Å²) in [6.45, 7) is 0. The summed E-state index contributed by atoms with van der Waals surface area (Å²) in [7, 11) is 0. The van der Waals surface area contributed by atoms with Crippen LogP contribution in [-0.2, 0) is 0 Å². The van der Waals surface area contributed by atoms with Crippen molar-refractivity contribution in [2.24, 2.45) is 0 Å². The van der Waals surface area contributed by atoms with E-state index in [0.29, 0.717) is 16.9 Å². The highest BCUT2D eigenvalue weighted by Crippen LogP contribution is 2.18. The highest BCUT2D eigenvalue weighted by atomic mass is 16.1. The molecule has 0 radical (unpaired) electrons. The van der Waals surface area contributed by atoms with E-state index in [2.05, 4.69) is 10.3 Å². The minimum atomic E-state index is -0.159. The number of fused-ring (bicyclic) bond motifs is 1. The second kappa shape index (κ2) is 5.01. The van der Waals surface area contributed by atoms with Gasteiger partial charge in [-0.1, -0.05) is 18.2 Å². The summed E-state index contributed by atoms with van der Waals surface area (Å²) in [6.07, 6.45) is 1.64. The zero-order valence-corrected chi connectivity index (χ0v) is 10.7. The van der Waals surface area contributed by atoms with Crippen LogP contribution in [0.15, 0.2) is 60.8 Å². The SMILES string of the molecule is Nc1ccc(NC(=O)c2ccnc3ccccc23)cc1. The third-order valence-corrected chi connectivity index (χ3v) is 3.06. The fourth-order valence-corrected chi connectivity index (χ4v) is 2.06. The molecule has 1 aromatic heterocycles. The maximum Gasteiger partial charge on any atom is 0.256 e. The lowest BCUT2D eigenvalue weighted by Gasteiger charge is -2.07. The molecule has 0 bridgehead atoms. The molecule has 0 aliphatic heterocycles. The molecule has 20 heavy (non-hydrogen) atoms. The average Bonchev–Trinajstić information content (AvgIpc) is 2.49. The largest absolute Gasteiger partial charge is 0.399 e. The van der Waals surface area contributed by atoms with Crippen LogP contribution in [-0.4, -0.2) is 10.9 Å². The Balaban J connectivity index is 1.94. The van der Waals surface area contributed by atoms with Gasteiger partial charge in [0.25, 0.3) is 5.91 Å². The highest BCUT2D eigenvalue weighted by Gasteiger charge is 2.10. The second-order valence-corrected chi connectivity index (χ2v) is 4.45. The van der Waals surface area contributed by atoms with Crippen molar-refractivity contribution >= 4 is 28.2 Å². The molecule has 0 saturated heterocycles. The van der Waals surface area contributed by atoms with Crippen LogP contribution in [0.5, 0.6) is 0 Å². The van der Waals surface area contributed by atoms with Gasteiger partial charge < -0.3 is 11.1 Å². The van der Waals surface area contributed by atoms with Crippen LogP contribution < -0.4 is 11.1 Å². The lowest BCUT2D eigenvalue weighted by atomic mass is 10.1. The first-order valence-electron chi connectivity index (χ1n) is 6.25. The second-order valence-electron chi connectivity index (χ2n) is 4.45. The first kappa shape index (κ1) is 12.2. The van der Waals surface area contributed by atoms with Gasteiger partial charge in [0, 0.05) is 23.0 Å². The molecule has 0 atom stereocenters. The van der Waals surface area contributed by atoms with Crippen LogP contribution >= 0.6 is 0 Å². The van der Waals surface area contributed by atoms with Crippen LogP contribution in [0.1, 0.15) is 10.4 Å². The minimum Gasteiger partial charge on any atom is -0.399 e. The highest BCUT2D eigenvalue weighted by molar-refractivity contribution is 6.12. The normalized spacial score (nSPS) is 10.4. The summed E-state index contributed by atoms with van der Waals surface area (Å²) >= 11 is 0. The van der Waals surface area contributed by atoms with Crippen molar-refractivity contribution in [3.63, 3.8) is 0 Å². The number of nitrogens with one attached hydrogen (secondary N) is 1. The maximum atomic E-state index is 12.3. The number of rotatable bonds is 2. The molecule has 3 aromatic rings. The Labute approximate surface area is 116 Å². The predicted octanol–water partition coefficient (Wildman–Crippen LogP) is 3.07. The van der Waals surface area contributed by atoms with E-state index in [0.717, 1.165) is 10.9 Å². The van der Waals surface area contributed by atoms with E-state index in [-0.39, 0.29) is 5.91 Å². The fraction of sp³-hybridized carbons (Fsp3) is 0. The molecule has 0 unspecified atom stereocenters. The van der Waals surface area contributed by atoms with Gasteiger partial charge >= 0.3 is 0 Å².